The topological polar surface area (TPSA) is 83.5 Å². The summed E-state index contributed by atoms with van der Waals surface area (Å²) in [5, 5.41) is 9.20. The first-order chi connectivity index (χ1) is 13.3. The molecule has 2 rings (SSSR count). The monoisotopic (exact) mass is 451 g/mol. The van der Waals surface area contributed by atoms with Crippen LogP contribution in [0.4, 0.5) is 0 Å². The van der Waals surface area contributed by atoms with E-state index in [-0.39, 0.29) is 47.7 Å². The summed E-state index contributed by atoms with van der Waals surface area (Å²) < 4.78 is 27.7. The summed E-state index contributed by atoms with van der Waals surface area (Å²) in [6.07, 6.45) is 13.4. The molecule has 1 aromatic carbocycles. The number of carboxylic acids is 1. The molecule has 0 amide bonds. The third kappa shape index (κ3) is 9.53. The first-order valence-electron chi connectivity index (χ1n) is 9.95. The van der Waals surface area contributed by atoms with Crippen LogP contribution in [-0.4, -0.2) is 26.0 Å². The minimum Gasteiger partial charge on any atom is -1.00 e. The zero-order valence-corrected chi connectivity index (χ0v) is 20.8. The van der Waals surface area contributed by atoms with Crippen molar-refractivity contribution in [3.8, 4) is 0 Å². The van der Waals surface area contributed by atoms with Crippen LogP contribution in [0.3, 0.4) is 0 Å². The van der Waals surface area contributed by atoms with Crippen molar-refractivity contribution in [3.05, 3.63) is 41.4 Å². The number of carbonyl (C=O) groups is 1. The van der Waals surface area contributed by atoms with Crippen molar-refractivity contribution in [3.63, 3.8) is 0 Å². The van der Waals surface area contributed by atoms with Gasteiger partial charge in [-0.05, 0) is 68.2 Å². The maximum Gasteiger partial charge on any atom is 1.00 e. The van der Waals surface area contributed by atoms with Crippen LogP contribution >= 0.6 is 11.6 Å². The molecule has 8 heteroatoms. The molecule has 0 saturated heterocycles. The van der Waals surface area contributed by atoms with Gasteiger partial charge in [-0.15, -0.1) is 0 Å². The molecule has 0 aromatic heterocycles. The van der Waals surface area contributed by atoms with Gasteiger partial charge in [-0.2, -0.15) is 0 Å². The Bertz CT molecular complexity index is 766. The van der Waals surface area contributed by atoms with Crippen molar-refractivity contribution in [2.24, 2.45) is 5.41 Å². The number of unbranched alkanes of at least 4 members (excludes halogenated alkanes) is 1. The second-order valence-corrected chi connectivity index (χ2v) is 9.83. The summed E-state index contributed by atoms with van der Waals surface area (Å²) in [7, 11) is -3.53. The molecule has 5 nitrogen and oxygen atoms in total. The third-order valence-electron chi connectivity index (χ3n) is 5.46. The Morgan fingerprint density at radius 1 is 1.17 bits per heavy atom. The van der Waals surface area contributed by atoms with Crippen LogP contribution in [-0.2, 0) is 14.8 Å². The predicted molar refractivity (Wildman–Crippen MR) is 113 cm³/mol. The summed E-state index contributed by atoms with van der Waals surface area (Å²) in [6.45, 7) is 0.414. The Kier molecular flexibility index (Phi) is 12.1. The molecule has 1 aromatic rings. The molecule has 0 unspecified atom stereocenters. The van der Waals surface area contributed by atoms with Gasteiger partial charge >= 0.3 is 35.5 Å². The first kappa shape index (κ1) is 26.7. The van der Waals surface area contributed by atoms with Gasteiger partial charge in [-0.1, -0.05) is 43.0 Å². The maximum atomic E-state index is 12.5. The molecule has 1 saturated carbocycles. The molecule has 1 fully saturated rings. The van der Waals surface area contributed by atoms with Gasteiger partial charge in [-0.25, -0.2) is 13.1 Å². The number of carboxylic acid groups (broad SMARTS) is 1. The van der Waals surface area contributed by atoms with Gasteiger partial charge in [0.25, 0.3) is 0 Å². The molecule has 29 heavy (non-hydrogen) atoms. The number of benzene rings is 1. The van der Waals surface area contributed by atoms with E-state index in [2.05, 4.69) is 16.9 Å². The van der Waals surface area contributed by atoms with Crippen molar-refractivity contribution in [2.75, 3.05) is 6.54 Å². The van der Waals surface area contributed by atoms with Crippen LogP contribution in [0.1, 0.15) is 65.6 Å². The van der Waals surface area contributed by atoms with E-state index in [0.717, 1.165) is 32.1 Å². The van der Waals surface area contributed by atoms with E-state index in [0.29, 0.717) is 18.0 Å². The van der Waals surface area contributed by atoms with Gasteiger partial charge in [0.15, 0.2) is 0 Å². The Morgan fingerprint density at radius 2 is 1.83 bits per heavy atom. The minimum absolute atomic E-state index is 0. The number of halogens is 1. The number of rotatable bonds is 11. The Morgan fingerprint density at radius 3 is 2.45 bits per heavy atom. The number of aliphatic carboxylic acids is 1. The summed E-state index contributed by atoms with van der Waals surface area (Å²) in [6, 6.07) is 6.18. The molecule has 0 bridgehead atoms. The third-order valence-corrected chi connectivity index (χ3v) is 7.19. The largest absolute Gasteiger partial charge is 1.00 e. The van der Waals surface area contributed by atoms with Crippen LogP contribution in [0.15, 0.2) is 41.3 Å². The normalized spacial score (nSPS) is 16.4. The van der Waals surface area contributed by atoms with Crippen LogP contribution in [0.2, 0.25) is 5.02 Å². The van der Waals surface area contributed by atoms with Gasteiger partial charge in [0.05, 0.1) is 4.90 Å². The van der Waals surface area contributed by atoms with E-state index in [1.165, 1.54) is 31.4 Å². The van der Waals surface area contributed by atoms with E-state index >= 15 is 0 Å². The smallest absolute Gasteiger partial charge is 1.00 e. The van der Waals surface area contributed by atoms with Crippen molar-refractivity contribution < 1.29 is 49.3 Å². The Hall–Kier alpha value is -0.370. The Labute approximate surface area is 203 Å². The molecule has 0 atom stereocenters. The van der Waals surface area contributed by atoms with Crippen LogP contribution in [0.25, 0.3) is 0 Å². The molecule has 0 radical (unpaired) electrons. The molecule has 1 aliphatic rings. The fourth-order valence-corrected chi connectivity index (χ4v) is 4.99. The quantitative estimate of drug-likeness (QED) is 0.307. The molecule has 158 valence electrons. The molecule has 1 aliphatic carbocycles. The maximum absolute atomic E-state index is 12.5. The average molecular weight is 452 g/mol. The summed E-state index contributed by atoms with van der Waals surface area (Å²) in [5.41, 5.74) is 0.129. The van der Waals surface area contributed by atoms with Crippen molar-refractivity contribution in [2.45, 2.75) is 69.1 Å². The average Bonchev–Trinajstić information content (AvgIpc) is 2.65. The summed E-state index contributed by atoms with van der Waals surface area (Å²) in [5.74, 6) is -0.759. The van der Waals surface area contributed by atoms with E-state index in [1.807, 2.05) is 0 Å². The van der Waals surface area contributed by atoms with E-state index in [1.54, 1.807) is 12.1 Å². The standard InChI is InChI=1S/C21H30ClNO4S.Na.H/c22-18-9-11-19(12-10-18)28(26,27)23-17-16-21(14-6-3-7-15-21)13-5-2-1-4-8-20(24)25;;/h2,5,9-12,23H,1,3-4,6-8,13-17H2,(H,24,25);;/q;+1;-1/b5-2-;;. The molecule has 2 N–H and O–H groups in total. The van der Waals surface area contributed by atoms with Gasteiger partial charge in [0.1, 0.15) is 0 Å². The second-order valence-electron chi connectivity index (χ2n) is 7.62. The molecule has 0 heterocycles. The van der Waals surface area contributed by atoms with Crippen molar-refractivity contribution in [1.29, 1.82) is 0 Å². The predicted octanol–water partition coefficient (Wildman–Crippen LogP) is 2.28. The number of hydrogen-bond acceptors (Lipinski definition) is 3. The van der Waals surface area contributed by atoms with Gasteiger partial charge in [-0.3, -0.25) is 4.79 Å². The van der Waals surface area contributed by atoms with Crippen LogP contribution in [0.5, 0.6) is 0 Å². The van der Waals surface area contributed by atoms with Crippen molar-refractivity contribution in [1.82, 2.24) is 4.72 Å². The van der Waals surface area contributed by atoms with Crippen LogP contribution in [0, 0.1) is 5.41 Å². The zero-order valence-electron chi connectivity index (χ0n) is 18.2. The first-order valence-corrected chi connectivity index (χ1v) is 11.8. The van der Waals surface area contributed by atoms with Crippen molar-refractivity contribution >= 4 is 27.6 Å². The zero-order chi connectivity index (χ0) is 20.5. The van der Waals surface area contributed by atoms with E-state index in [9.17, 15) is 13.2 Å². The number of sulfonamides is 1. The van der Waals surface area contributed by atoms with Gasteiger partial charge < -0.3 is 6.53 Å². The van der Waals surface area contributed by atoms with E-state index < -0.39 is 16.0 Å². The fraction of sp³-hybridized carbons (Fsp3) is 0.571. The minimum atomic E-state index is -3.53. The molecule has 0 spiro atoms. The molecular formula is C21H31ClNNaO4S. The van der Waals surface area contributed by atoms with E-state index in [4.69, 9.17) is 16.7 Å². The van der Waals surface area contributed by atoms with Gasteiger partial charge in [0.2, 0.25) is 10.0 Å². The molecular weight excluding hydrogens is 421 g/mol. The van der Waals surface area contributed by atoms with Crippen LogP contribution < -0.4 is 34.3 Å². The Balaban J connectivity index is 0.00000420. The molecule has 0 aliphatic heterocycles. The number of hydrogen-bond donors (Lipinski definition) is 2. The SMILES string of the molecule is O=C(O)CCC/C=C\CC1(CCNS(=O)(=O)c2ccc(Cl)cc2)CCCCC1.[H-].[Na+]. The second kappa shape index (κ2) is 13.1. The summed E-state index contributed by atoms with van der Waals surface area (Å²) >= 11 is 5.83. The summed E-state index contributed by atoms with van der Waals surface area (Å²) in [4.78, 5) is 10.8. The van der Waals surface area contributed by atoms with Gasteiger partial charge in [0, 0.05) is 18.0 Å². The number of allylic oxidation sites excluding steroid dienone is 2. The number of nitrogens with one attached hydrogen (secondary N) is 1. The fourth-order valence-electron chi connectivity index (χ4n) is 3.83.